The molecule has 11 rings (SSSR count). The van der Waals surface area contributed by atoms with Gasteiger partial charge in [0.2, 0.25) is 0 Å². The second-order valence-corrected chi connectivity index (χ2v) is 15.1. The second-order valence-electron chi connectivity index (χ2n) is 15.1. The zero-order chi connectivity index (χ0) is 36.3. The predicted molar refractivity (Wildman–Crippen MR) is 232 cm³/mol. The third-order valence-corrected chi connectivity index (χ3v) is 12.0. The summed E-state index contributed by atoms with van der Waals surface area (Å²) >= 11 is 0. The largest absolute Gasteiger partial charge is 0.456 e. The van der Waals surface area contributed by atoms with Crippen LogP contribution in [0.5, 0.6) is 0 Å². The van der Waals surface area contributed by atoms with E-state index in [0.717, 1.165) is 44.7 Å². The third-order valence-electron chi connectivity index (χ3n) is 12.0. The lowest BCUT2D eigenvalue weighted by molar-refractivity contribution is 0.445. The molecule has 0 radical (unpaired) electrons. The Morgan fingerprint density at radius 2 is 1.15 bits per heavy atom. The van der Waals surface area contributed by atoms with E-state index in [2.05, 4.69) is 185 Å². The van der Waals surface area contributed by atoms with Crippen LogP contribution in [0.4, 0.5) is 17.1 Å². The minimum absolute atomic E-state index is 0.581. The Balaban J connectivity index is 1.21. The summed E-state index contributed by atoms with van der Waals surface area (Å²) < 4.78 is 8.91. The lowest BCUT2D eigenvalue weighted by Crippen LogP contribution is -2.12. The van der Waals surface area contributed by atoms with Gasteiger partial charge in [-0.1, -0.05) is 135 Å². The van der Waals surface area contributed by atoms with Crippen molar-refractivity contribution in [3.05, 3.63) is 181 Å². The van der Waals surface area contributed by atoms with E-state index in [1.54, 1.807) is 0 Å². The van der Waals surface area contributed by atoms with Crippen molar-refractivity contribution in [1.29, 1.82) is 0 Å². The van der Waals surface area contributed by atoms with Crippen molar-refractivity contribution in [2.24, 2.45) is 0 Å². The number of para-hydroxylation sites is 4. The minimum Gasteiger partial charge on any atom is -0.456 e. The Morgan fingerprint density at radius 3 is 2.04 bits per heavy atom. The maximum Gasteiger partial charge on any atom is 0.137 e. The SMILES string of the molecule is c1ccc(-n2c3ccccc3c3cc(N(c4ccccc4-c4cccc5cccc(C6CCCCC6)c45)c4cccc5oc6ccccc6c45)ccc32)cc1. The Morgan fingerprint density at radius 1 is 0.473 bits per heavy atom. The van der Waals surface area contributed by atoms with Gasteiger partial charge in [0, 0.05) is 33.1 Å². The van der Waals surface area contributed by atoms with Crippen LogP contribution in [0.15, 0.2) is 180 Å². The molecule has 1 fully saturated rings. The van der Waals surface area contributed by atoms with E-state index in [1.165, 1.54) is 81.4 Å². The van der Waals surface area contributed by atoms with Gasteiger partial charge in [-0.25, -0.2) is 0 Å². The molecular weight excluding hydrogens is 669 g/mol. The fourth-order valence-electron chi connectivity index (χ4n) is 9.55. The highest BCUT2D eigenvalue weighted by Gasteiger charge is 2.25. The van der Waals surface area contributed by atoms with Gasteiger partial charge in [-0.3, -0.25) is 0 Å². The first-order valence-corrected chi connectivity index (χ1v) is 19.7. The van der Waals surface area contributed by atoms with E-state index in [-0.39, 0.29) is 0 Å². The molecule has 2 aromatic heterocycles. The summed E-state index contributed by atoms with van der Waals surface area (Å²) in [5, 5.41) is 7.36. The van der Waals surface area contributed by atoms with Crippen LogP contribution in [0.2, 0.25) is 0 Å². The third kappa shape index (κ3) is 5.18. The molecule has 0 spiro atoms. The van der Waals surface area contributed by atoms with Gasteiger partial charge >= 0.3 is 0 Å². The molecule has 1 saturated carbocycles. The number of fused-ring (bicyclic) bond motifs is 7. The molecule has 8 aromatic carbocycles. The van der Waals surface area contributed by atoms with Crippen molar-refractivity contribution in [3.63, 3.8) is 0 Å². The van der Waals surface area contributed by atoms with Gasteiger partial charge in [0.1, 0.15) is 11.2 Å². The van der Waals surface area contributed by atoms with Crippen LogP contribution >= 0.6 is 0 Å². The summed E-state index contributed by atoms with van der Waals surface area (Å²) in [7, 11) is 0. The number of aromatic nitrogens is 1. The molecule has 3 nitrogen and oxygen atoms in total. The molecule has 0 atom stereocenters. The molecule has 0 saturated heterocycles. The van der Waals surface area contributed by atoms with Gasteiger partial charge in [-0.15, -0.1) is 0 Å². The number of hydrogen-bond acceptors (Lipinski definition) is 2. The predicted octanol–water partition coefficient (Wildman–Crippen LogP) is 15.0. The molecule has 0 aliphatic heterocycles. The molecule has 10 aromatic rings. The van der Waals surface area contributed by atoms with Gasteiger partial charge in [-0.2, -0.15) is 0 Å². The van der Waals surface area contributed by atoms with Crippen LogP contribution in [-0.2, 0) is 0 Å². The van der Waals surface area contributed by atoms with E-state index < -0.39 is 0 Å². The Bertz CT molecular complexity index is 3030. The molecule has 0 unspecified atom stereocenters. The van der Waals surface area contributed by atoms with E-state index in [0.29, 0.717) is 5.92 Å². The molecule has 0 bridgehead atoms. The minimum atomic E-state index is 0.581. The van der Waals surface area contributed by atoms with Crippen molar-refractivity contribution in [2.75, 3.05) is 4.90 Å². The Kier molecular flexibility index (Phi) is 7.58. The smallest absolute Gasteiger partial charge is 0.137 e. The highest BCUT2D eigenvalue weighted by Crippen LogP contribution is 2.49. The van der Waals surface area contributed by atoms with Crippen LogP contribution in [0.25, 0.3) is 71.3 Å². The molecule has 55 heavy (non-hydrogen) atoms. The summed E-state index contributed by atoms with van der Waals surface area (Å²) in [4.78, 5) is 2.48. The lowest BCUT2D eigenvalue weighted by Gasteiger charge is -2.29. The number of rotatable bonds is 6. The summed E-state index contributed by atoms with van der Waals surface area (Å²) in [5.74, 6) is 0.581. The fraction of sp³-hybridized carbons (Fsp3) is 0.115. The highest BCUT2D eigenvalue weighted by atomic mass is 16.3. The van der Waals surface area contributed by atoms with Crippen LogP contribution < -0.4 is 4.90 Å². The monoisotopic (exact) mass is 708 g/mol. The van der Waals surface area contributed by atoms with Gasteiger partial charge < -0.3 is 13.9 Å². The number of anilines is 3. The van der Waals surface area contributed by atoms with Crippen molar-refractivity contribution < 1.29 is 4.42 Å². The molecular formula is C52H40N2O. The molecule has 264 valence electrons. The van der Waals surface area contributed by atoms with E-state index in [4.69, 9.17) is 4.42 Å². The average molecular weight is 709 g/mol. The quantitative estimate of drug-likeness (QED) is 0.171. The first-order valence-electron chi connectivity index (χ1n) is 19.7. The van der Waals surface area contributed by atoms with Crippen LogP contribution in [0, 0.1) is 0 Å². The average Bonchev–Trinajstić information content (AvgIpc) is 3.80. The second kappa shape index (κ2) is 13.1. The number of benzene rings is 8. The zero-order valence-corrected chi connectivity index (χ0v) is 30.7. The molecule has 2 heterocycles. The van der Waals surface area contributed by atoms with E-state index >= 15 is 0 Å². The summed E-state index contributed by atoms with van der Waals surface area (Å²) in [6.45, 7) is 0. The summed E-state index contributed by atoms with van der Waals surface area (Å²) in [6, 6.07) is 64.2. The number of hydrogen-bond donors (Lipinski definition) is 0. The van der Waals surface area contributed by atoms with Crippen LogP contribution in [-0.4, -0.2) is 4.57 Å². The van der Waals surface area contributed by atoms with Crippen molar-refractivity contribution in [1.82, 2.24) is 4.57 Å². The Hall–Kier alpha value is -6.58. The van der Waals surface area contributed by atoms with Crippen molar-refractivity contribution >= 4 is 71.6 Å². The first-order chi connectivity index (χ1) is 27.3. The Labute approximate surface area is 320 Å². The number of furan rings is 1. The summed E-state index contributed by atoms with van der Waals surface area (Å²) in [6.07, 6.45) is 6.47. The van der Waals surface area contributed by atoms with Crippen LogP contribution in [0.3, 0.4) is 0 Å². The van der Waals surface area contributed by atoms with Crippen molar-refractivity contribution in [3.8, 4) is 16.8 Å². The zero-order valence-electron chi connectivity index (χ0n) is 30.7. The molecule has 1 aliphatic carbocycles. The molecule has 3 heteroatoms. The van der Waals surface area contributed by atoms with Gasteiger partial charge in [0.05, 0.1) is 27.8 Å². The molecule has 0 amide bonds. The van der Waals surface area contributed by atoms with Crippen LogP contribution in [0.1, 0.15) is 43.6 Å². The maximum atomic E-state index is 6.52. The fourth-order valence-corrected chi connectivity index (χ4v) is 9.55. The maximum absolute atomic E-state index is 6.52. The normalized spacial score (nSPS) is 13.7. The van der Waals surface area contributed by atoms with Gasteiger partial charge in [-0.05, 0) is 101 Å². The first kappa shape index (κ1) is 31.9. The molecule has 0 N–H and O–H groups in total. The van der Waals surface area contributed by atoms with Gasteiger partial charge in [0.15, 0.2) is 0 Å². The van der Waals surface area contributed by atoms with E-state index in [1.807, 2.05) is 0 Å². The van der Waals surface area contributed by atoms with Crippen molar-refractivity contribution in [2.45, 2.75) is 38.0 Å². The molecule has 1 aliphatic rings. The van der Waals surface area contributed by atoms with E-state index in [9.17, 15) is 0 Å². The topological polar surface area (TPSA) is 21.3 Å². The highest BCUT2D eigenvalue weighted by molar-refractivity contribution is 6.16. The summed E-state index contributed by atoms with van der Waals surface area (Å²) in [5.41, 5.74) is 12.6. The van der Waals surface area contributed by atoms with Gasteiger partial charge in [0.25, 0.3) is 0 Å². The standard InChI is InChI=1S/C52H40N2O/c1-3-16-35(17-4-1)39-25-13-18-36-19-14-26-42(51(36)39)40-22-7-10-27-45(40)54(48-29-15-31-50-52(48)43-24-9-12-30-49(43)55-50)38-32-33-47-44(34-38)41-23-8-11-28-46(41)53(47)37-20-5-2-6-21-37/h2,5-15,18-35H,1,3-4,16-17H2. The number of nitrogens with zero attached hydrogens (tertiary/aromatic N) is 2. The lowest BCUT2D eigenvalue weighted by atomic mass is 9.80.